The molecule has 0 heterocycles. The first-order valence-electron chi connectivity index (χ1n) is 3.33. The molecule has 0 aromatic carbocycles. The number of amides is 2. The molecule has 0 radical (unpaired) electrons. The predicted octanol–water partition coefficient (Wildman–Crippen LogP) is 0.230. The molecule has 0 aliphatic carbocycles. The molecule has 0 saturated carbocycles. The van der Waals surface area contributed by atoms with Gasteiger partial charge in [-0.2, -0.15) is 0 Å². The minimum absolute atomic E-state index is 0.0683. The lowest BCUT2D eigenvalue weighted by Gasteiger charge is -2.09. The zero-order valence-corrected chi connectivity index (χ0v) is 6.53. The third-order valence-electron chi connectivity index (χ3n) is 1.06. The second-order valence-corrected chi connectivity index (χ2v) is 1.79. The molecule has 0 bridgehead atoms. The van der Waals surface area contributed by atoms with E-state index in [1.807, 2.05) is 0 Å². The van der Waals surface area contributed by atoms with Gasteiger partial charge in [-0.3, -0.25) is 0 Å². The molecule has 6 heteroatoms. The molecule has 2 amide bonds. The number of urea groups is 1. The van der Waals surface area contributed by atoms with Crippen LogP contribution in [0.1, 0.15) is 13.8 Å². The Morgan fingerprint density at radius 2 is 2.18 bits per heavy atom. The number of nitrogens with one attached hydrogen (secondary N) is 1. The second kappa shape index (κ2) is 4.48. The number of rotatable bonds is 3. The van der Waals surface area contributed by atoms with Crippen LogP contribution < -0.4 is 5.32 Å². The average Bonchev–Trinajstić information content (AvgIpc) is 1.88. The van der Waals surface area contributed by atoms with Crippen molar-refractivity contribution in [2.45, 2.75) is 13.8 Å². The van der Waals surface area contributed by atoms with Gasteiger partial charge in [-0.05, 0) is 18.9 Å². The molecule has 64 valence electrons. The molecule has 0 aromatic rings. The molecular weight excluding hydrogens is 150 g/mol. The van der Waals surface area contributed by atoms with Crippen molar-refractivity contribution >= 4 is 6.03 Å². The number of carbonyl (C=O) groups excluding carboxylic acids is 1. The van der Waals surface area contributed by atoms with Crippen LogP contribution in [0.5, 0.6) is 0 Å². The number of nitrogens with zero attached hydrogens (tertiary/aromatic N) is 2. The van der Waals surface area contributed by atoms with E-state index in [1.54, 1.807) is 6.92 Å². The van der Waals surface area contributed by atoms with E-state index in [0.717, 1.165) is 0 Å². The summed E-state index contributed by atoms with van der Waals surface area (Å²) in [6, 6.07) is -0.667. The smallest absolute Gasteiger partial charge is 0.334 e. The third-order valence-corrected chi connectivity index (χ3v) is 1.06. The van der Waals surface area contributed by atoms with Crippen molar-refractivity contribution in [1.82, 2.24) is 10.3 Å². The first kappa shape index (κ1) is 9.67. The van der Waals surface area contributed by atoms with Gasteiger partial charge in [0.25, 0.3) is 0 Å². The Kier molecular flexibility index (Phi) is 3.94. The van der Waals surface area contributed by atoms with Gasteiger partial charge in [-0.1, -0.05) is 0 Å². The fourth-order valence-corrected chi connectivity index (χ4v) is 0.576. The highest BCUT2D eigenvalue weighted by atomic mass is 16.7. The van der Waals surface area contributed by atoms with Crippen LogP contribution in [0.4, 0.5) is 4.79 Å². The second-order valence-electron chi connectivity index (χ2n) is 1.79. The van der Waals surface area contributed by atoms with Crippen LogP contribution in [0.15, 0.2) is 0 Å². The van der Waals surface area contributed by atoms with Gasteiger partial charge >= 0.3 is 6.03 Å². The summed E-state index contributed by atoms with van der Waals surface area (Å²) >= 11 is 0. The summed E-state index contributed by atoms with van der Waals surface area (Å²) in [4.78, 5) is 20.9. The number of hydrogen-bond acceptors (Lipinski definition) is 3. The summed E-state index contributed by atoms with van der Waals surface area (Å²) in [6.07, 6.45) is 0. The Morgan fingerprint density at radius 3 is 2.45 bits per heavy atom. The van der Waals surface area contributed by atoms with E-state index in [1.165, 1.54) is 6.92 Å². The third kappa shape index (κ3) is 2.83. The van der Waals surface area contributed by atoms with Gasteiger partial charge in [-0.15, -0.1) is 0 Å². The molecule has 0 aliphatic heterocycles. The van der Waals surface area contributed by atoms with E-state index in [0.29, 0.717) is 11.6 Å². The lowest BCUT2D eigenvalue weighted by molar-refractivity contribution is -0.631. The van der Waals surface area contributed by atoms with Gasteiger partial charge in [0.1, 0.15) is 0 Å². The molecule has 11 heavy (non-hydrogen) atoms. The molecule has 6 nitrogen and oxygen atoms in total. The normalized spacial score (nSPS) is 8.91. The van der Waals surface area contributed by atoms with E-state index in [2.05, 4.69) is 5.32 Å². The van der Waals surface area contributed by atoms with Crippen LogP contribution in [0.25, 0.3) is 0 Å². The Hall–Kier alpha value is -1.33. The molecule has 0 aliphatic rings. The minimum Gasteiger partial charge on any atom is -0.334 e. The van der Waals surface area contributed by atoms with Gasteiger partial charge in [0.15, 0.2) is 5.03 Å². The first-order valence-corrected chi connectivity index (χ1v) is 3.33. The highest BCUT2D eigenvalue weighted by Crippen LogP contribution is 1.87. The molecule has 0 aromatic heterocycles. The maximum absolute atomic E-state index is 10.8. The highest BCUT2D eigenvalue weighted by Gasteiger charge is 2.20. The van der Waals surface area contributed by atoms with E-state index in [-0.39, 0.29) is 6.54 Å². The number of nitro groups is 1. The van der Waals surface area contributed by atoms with E-state index in [9.17, 15) is 14.9 Å². The largest absolute Gasteiger partial charge is 0.375 e. The number of hydrogen-bond donors (Lipinski definition) is 1. The molecule has 0 unspecified atom stereocenters. The summed E-state index contributed by atoms with van der Waals surface area (Å²) in [5.74, 6) is 0. The van der Waals surface area contributed by atoms with Crippen LogP contribution in [0.2, 0.25) is 0 Å². The Balaban J connectivity index is 4.03. The Labute approximate surface area is 64.3 Å². The monoisotopic (exact) mass is 161 g/mol. The zero-order valence-electron chi connectivity index (χ0n) is 6.53. The fourth-order valence-electron chi connectivity index (χ4n) is 0.576. The van der Waals surface area contributed by atoms with Crippen molar-refractivity contribution < 1.29 is 9.83 Å². The SMILES string of the molecule is CCNC(=O)N(CC)[N+](=O)[O-]. The van der Waals surface area contributed by atoms with Gasteiger partial charge in [0.2, 0.25) is 0 Å². The van der Waals surface area contributed by atoms with Crippen molar-refractivity contribution in [3.05, 3.63) is 10.1 Å². The van der Waals surface area contributed by atoms with Crippen LogP contribution in [0, 0.1) is 10.1 Å². The van der Waals surface area contributed by atoms with E-state index >= 15 is 0 Å². The number of carbonyl (C=O) groups is 1. The van der Waals surface area contributed by atoms with Crippen molar-refractivity contribution in [2.75, 3.05) is 13.1 Å². The topological polar surface area (TPSA) is 75.5 Å². The summed E-state index contributed by atoms with van der Waals surface area (Å²) in [7, 11) is 0. The van der Waals surface area contributed by atoms with Gasteiger partial charge in [0.05, 0.1) is 6.54 Å². The van der Waals surface area contributed by atoms with E-state index in [4.69, 9.17) is 0 Å². The van der Waals surface area contributed by atoms with Crippen LogP contribution >= 0.6 is 0 Å². The van der Waals surface area contributed by atoms with Crippen LogP contribution in [0.3, 0.4) is 0 Å². The van der Waals surface area contributed by atoms with E-state index < -0.39 is 11.1 Å². The Bertz CT molecular complexity index is 159. The molecule has 1 N–H and O–H groups in total. The molecule has 0 rings (SSSR count). The maximum atomic E-state index is 10.8. The molecule has 0 atom stereocenters. The number of hydrazine groups is 1. The standard InChI is InChI=1S/C5H11N3O3/c1-3-6-5(9)7(4-2)8(10)11/h3-4H2,1-2H3,(H,6,9). The molecule has 0 fully saturated rings. The first-order chi connectivity index (χ1) is 5.13. The molecule has 0 spiro atoms. The maximum Gasteiger partial charge on any atom is 0.375 e. The van der Waals surface area contributed by atoms with Crippen molar-refractivity contribution in [3.63, 3.8) is 0 Å². The summed E-state index contributed by atoms with van der Waals surface area (Å²) in [5, 5.41) is 12.2. The minimum atomic E-state index is -0.731. The predicted molar refractivity (Wildman–Crippen MR) is 38.4 cm³/mol. The van der Waals surface area contributed by atoms with Crippen molar-refractivity contribution in [2.24, 2.45) is 0 Å². The lowest BCUT2D eigenvalue weighted by Crippen LogP contribution is -2.43. The van der Waals surface area contributed by atoms with Gasteiger partial charge < -0.3 is 5.32 Å². The van der Waals surface area contributed by atoms with Crippen LogP contribution in [-0.4, -0.2) is 29.2 Å². The summed E-state index contributed by atoms with van der Waals surface area (Å²) in [5.41, 5.74) is 0. The highest BCUT2D eigenvalue weighted by molar-refractivity contribution is 5.72. The van der Waals surface area contributed by atoms with Crippen molar-refractivity contribution in [1.29, 1.82) is 0 Å². The summed E-state index contributed by atoms with van der Waals surface area (Å²) in [6.45, 7) is 3.70. The Morgan fingerprint density at radius 1 is 1.64 bits per heavy atom. The summed E-state index contributed by atoms with van der Waals surface area (Å²) < 4.78 is 0. The van der Waals surface area contributed by atoms with Crippen molar-refractivity contribution in [3.8, 4) is 0 Å². The van der Waals surface area contributed by atoms with Gasteiger partial charge in [0, 0.05) is 6.54 Å². The quantitative estimate of drug-likeness (QED) is 0.475. The molecular formula is C5H11N3O3. The molecule has 0 saturated heterocycles. The zero-order chi connectivity index (χ0) is 8.85. The lowest BCUT2D eigenvalue weighted by atomic mass is 10.7. The van der Waals surface area contributed by atoms with Crippen LogP contribution in [-0.2, 0) is 0 Å². The average molecular weight is 161 g/mol. The van der Waals surface area contributed by atoms with Gasteiger partial charge in [-0.25, -0.2) is 14.9 Å². The fraction of sp³-hybridized carbons (Fsp3) is 0.800.